The molecule has 0 radical (unpaired) electrons. The molecule has 0 aliphatic carbocycles. The molecule has 0 aromatic heterocycles. The Labute approximate surface area is 194 Å². The van der Waals surface area contributed by atoms with Gasteiger partial charge in [-0.05, 0) is 99.6 Å². The minimum atomic E-state index is -0.0382. The second-order valence-corrected chi connectivity index (χ2v) is 8.10. The number of carbonyl (C=O) groups is 1. The summed E-state index contributed by atoms with van der Waals surface area (Å²) >= 11 is 0. The van der Waals surface area contributed by atoms with Crippen molar-refractivity contribution < 1.29 is 4.79 Å². The summed E-state index contributed by atoms with van der Waals surface area (Å²) in [7, 11) is 0. The number of rotatable bonds is 11. The lowest BCUT2D eigenvalue weighted by atomic mass is 9.96. The van der Waals surface area contributed by atoms with Crippen LogP contribution < -0.4 is 5.73 Å². The molecular weight excluding hydrogens is 390 g/mol. The fraction of sp³-hybridized carbons (Fsp3) is 0.233. The van der Waals surface area contributed by atoms with Gasteiger partial charge in [0, 0.05) is 5.70 Å². The number of hydrogen-bond donors (Lipinski definition) is 1. The fourth-order valence-electron chi connectivity index (χ4n) is 3.09. The van der Waals surface area contributed by atoms with E-state index in [2.05, 4.69) is 76.9 Å². The van der Waals surface area contributed by atoms with Crippen molar-refractivity contribution in [3.05, 3.63) is 120 Å². The predicted octanol–water partition coefficient (Wildman–Crippen LogP) is 7.90. The monoisotopic (exact) mass is 427 g/mol. The summed E-state index contributed by atoms with van der Waals surface area (Å²) in [6.07, 6.45) is 13.0. The number of hydrogen-bond acceptors (Lipinski definition) is 2. The van der Waals surface area contributed by atoms with Gasteiger partial charge in [-0.15, -0.1) is 0 Å². The molecular formula is C30H37NO. The maximum Gasteiger partial charge on any atom is 0.152 e. The van der Waals surface area contributed by atoms with E-state index >= 15 is 0 Å². The van der Waals surface area contributed by atoms with E-state index in [4.69, 9.17) is 5.73 Å². The van der Waals surface area contributed by atoms with Gasteiger partial charge >= 0.3 is 0 Å². The maximum atomic E-state index is 11.1. The molecule has 2 heteroatoms. The lowest BCUT2D eigenvalue weighted by Gasteiger charge is -2.10. The van der Waals surface area contributed by atoms with Crippen LogP contribution in [0.1, 0.15) is 58.6 Å². The van der Waals surface area contributed by atoms with Crippen molar-refractivity contribution in [1.29, 1.82) is 0 Å². The van der Waals surface area contributed by atoms with Crippen molar-refractivity contribution in [3.8, 4) is 0 Å². The summed E-state index contributed by atoms with van der Waals surface area (Å²) in [4.78, 5) is 11.1. The van der Waals surface area contributed by atoms with E-state index < -0.39 is 0 Å². The van der Waals surface area contributed by atoms with Gasteiger partial charge in [-0.1, -0.05) is 72.9 Å². The van der Waals surface area contributed by atoms with Crippen LogP contribution in [0.15, 0.2) is 108 Å². The molecule has 0 amide bonds. The summed E-state index contributed by atoms with van der Waals surface area (Å²) in [5.74, 6) is -0.0382. The third-order valence-electron chi connectivity index (χ3n) is 5.21. The van der Waals surface area contributed by atoms with E-state index in [1.54, 1.807) is 6.08 Å². The van der Waals surface area contributed by atoms with Gasteiger partial charge in [0.15, 0.2) is 5.78 Å². The molecule has 0 saturated heterocycles. The highest BCUT2D eigenvalue weighted by Crippen LogP contribution is 2.24. The van der Waals surface area contributed by atoms with Crippen molar-refractivity contribution in [2.24, 2.45) is 5.73 Å². The van der Waals surface area contributed by atoms with E-state index in [9.17, 15) is 4.79 Å². The molecule has 0 aliphatic rings. The van der Waals surface area contributed by atoms with Crippen molar-refractivity contribution in [2.75, 3.05) is 0 Å². The Kier molecular flexibility index (Phi) is 10.9. The molecule has 2 nitrogen and oxygen atoms in total. The van der Waals surface area contributed by atoms with Crippen LogP contribution in [-0.2, 0) is 4.79 Å². The highest BCUT2D eigenvalue weighted by atomic mass is 16.1. The molecule has 0 bridgehead atoms. The third kappa shape index (κ3) is 8.77. The quantitative estimate of drug-likeness (QED) is 0.288. The topological polar surface area (TPSA) is 43.1 Å². The van der Waals surface area contributed by atoms with Crippen LogP contribution >= 0.6 is 0 Å². The normalized spacial score (nSPS) is 13.7. The van der Waals surface area contributed by atoms with Crippen molar-refractivity contribution in [2.45, 2.75) is 47.5 Å². The Morgan fingerprint density at radius 2 is 1.66 bits per heavy atom. The largest absolute Gasteiger partial charge is 0.398 e. The Balaban J connectivity index is 2.99. The van der Waals surface area contributed by atoms with Crippen LogP contribution in [0.5, 0.6) is 0 Å². The van der Waals surface area contributed by atoms with Gasteiger partial charge in [0.1, 0.15) is 0 Å². The first-order valence-electron chi connectivity index (χ1n) is 10.9. The first-order valence-corrected chi connectivity index (χ1v) is 10.9. The third-order valence-corrected chi connectivity index (χ3v) is 5.21. The van der Waals surface area contributed by atoms with E-state index in [0.29, 0.717) is 11.3 Å². The number of benzene rings is 1. The summed E-state index contributed by atoms with van der Waals surface area (Å²) in [5, 5.41) is 0. The second kappa shape index (κ2) is 13.1. The number of ketones is 1. The zero-order valence-electron chi connectivity index (χ0n) is 20.3. The van der Waals surface area contributed by atoms with Gasteiger partial charge in [-0.25, -0.2) is 0 Å². The SMILES string of the molecule is C=CC(/C=C(\N)C(=C)/C=C/C(C)=O)=C(/C)CC/C(C)=C\C(=CC)c1cccc(C(=C)C)c1. The first-order chi connectivity index (χ1) is 15.1. The molecule has 0 fully saturated rings. The van der Waals surface area contributed by atoms with Crippen LogP contribution in [0.3, 0.4) is 0 Å². The van der Waals surface area contributed by atoms with Gasteiger partial charge in [0.2, 0.25) is 0 Å². The Morgan fingerprint density at radius 3 is 2.22 bits per heavy atom. The summed E-state index contributed by atoms with van der Waals surface area (Å²) in [6.45, 7) is 21.7. The molecule has 1 aromatic rings. The predicted molar refractivity (Wildman–Crippen MR) is 142 cm³/mol. The van der Waals surface area contributed by atoms with E-state index in [-0.39, 0.29) is 5.78 Å². The van der Waals surface area contributed by atoms with E-state index in [1.165, 1.54) is 35.3 Å². The minimum absolute atomic E-state index is 0.0382. The van der Waals surface area contributed by atoms with Gasteiger partial charge in [0.25, 0.3) is 0 Å². The molecule has 0 spiro atoms. The first kappa shape index (κ1) is 26.6. The highest BCUT2D eigenvalue weighted by molar-refractivity contribution is 5.87. The molecule has 1 aromatic carbocycles. The van der Waals surface area contributed by atoms with Gasteiger partial charge in [0.05, 0.1) is 0 Å². The fourth-order valence-corrected chi connectivity index (χ4v) is 3.09. The maximum absolute atomic E-state index is 11.1. The number of nitrogens with two attached hydrogens (primary N) is 1. The summed E-state index contributed by atoms with van der Waals surface area (Å²) < 4.78 is 0. The summed E-state index contributed by atoms with van der Waals surface area (Å²) in [6, 6.07) is 8.48. The molecule has 0 saturated carbocycles. The Hall–Kier alpha value is -3.39. The standard InChI is InChI=1S/C30H37NO/c1-9-26(20-30(31)24(7)16-17-25(8)32)23(6)15-14-22(5)18-27(10-2)29-13-11-12-28(19-29)21(3)4/h9-13,16-20H,1,3,7,14-15,31H2,2,4-6,8H3/b17-16+,22-18-,26-23+,27-10?,30-20-. The molecule has 32 heavy (non-hydrogen) atoms. The van der Waals surface area contributed by atoms with Crippen molar-refractivity contribution in [3.63, 3.8) is 0 Å². The average Bonchev–Trinajstić information content (AvgIpc) is 2.77. The van der Waals surface area contributed by atoms with Crippen LogP contribution in [0, 0.1) is 0 Å². The lowest BCUT2D eigenvalue weighted by molar-refractivity contribution is -0.112. The molecule has 168 valence electrons. The zero-order valence-corrected chi connectivity index (χ0v) is 20.3. The molecule has 0 heterocycles. The van der Waals surface area contributed by atoms with Gasteiger partial charge < -0.3 is 5.73 Å². The minimum Gasteiger partial charge on any atom is -0.398 e. The Bertz CT molecular complexity index is 1040. The molecule has 0 aliphatic heterocycles. The van der Waals surface area contributed by atoms with Crippen LogP contribution in [0.2, 0.25) is 0 Å². The second-order valence-electron chi connectivity index (χ2n) is 8.10. The van der Waals surface area contributed by atoms with Gasteiger partial charge in [-0.3, -0.25) is 4.79 Å². The molecule has 0 unspecified atom stereocenters. The van der Waals surface area contributed by atoms with E-state index in [1.807, 2.05) is 19.1 Å². The Morgan fingerprint density at radius 1 is 1.00 bits per heavy atom. The zero-order chi connectivity index (χ0) is 24.3. The van der Waals surface area contributed by atoms with E-state index in [0.717, 1.165) is 29.6 Å². The van der Waals surface area contributed by atoms with Crippen molar-refractivity contribution >= 4 is 16.9 Å². The average molecular weight is 428 g/mol. The van der Waals surface area contributed by atoms with Crippen molar-refractivity contribution in [1.82, 2.24) is 0 Å². The van der Waals surface area contributed by atoms with Gasteiger partial charge in [-0.2, -0.15) is 0 Å². The number of allylic oxidation sites excluding steroid dienone is 11. The number of carbonyl (C=O) groups excluding carboxylic acids is 1. The van der Waals surface area contributed by atoms with Crippen LogP contribution in [-0.4, -0.2) is 5.78 Å². The van der Waals surface area contributed by atoms with Crippen LogP contribution in [0.25, 0.3) is 11.1 Å². The highest BCUT2D eigenvalue weighted by Gasteiger charge is 2.04. The molecule has 1 rings (SSSR count). The van der Waals surface area contributed by atoms with Crippen LogP contribution in [0.4, 0.5) is 0 Å². The summed E-state index contributed by atoms with van der Waals surface area (Å²) in [5.41, 5.74) is 15.4. The molecule has 2 N–H and O–H groups in total. The smallest absolute Gasteiger partial charge is 0.152 e. The molecule has 0 atom stereocenters. The lowest BCUT2D eigenvalue weighted by Crippen LogP contribution is -2.00.